The van der Waals surface area contributed by atoms with Gasteiger partial charge < -0.3 is 20.1 Å². The lowest BCUT2D eigenvalue weighted by molar-refractivity contribution is -0.161. The van der Waals surface area contributed by atoms with Crippen LogP contribution in [0.5, 0.6) is 0 Å². The maximum absolute atomic E-state index is 12.6. The van der Waals surface area contributed by atoms with Crippen LogP contribution in [0, 0.1) is 0 Å². The molecule has 0 aliphatic rings. The van der Waals surface area contributed by atoms with Crippen LogP contribution >= 0.6 is 7.82 Å². The van der Waals surface area contributed by atoms with Gasteiger partial charge in [-0.2, -0.15) is 0 Å². The number of rotatable bonds is 47. The van der Waals surface area contributed by atoms with Gasteiger partial charge in [0.05, 0.1) is 13.2 Å². The number of phosphoric ester groups is 1. The van der Waals surface area contributed by atoms with Crippen LogP contribution in [0.1, 0.15) is 239 Å². The fourth-order valence-corrected chi connectivity index (χ4v) is 7.82. The molecule has 2 unspecified atom stereocenters. The maximum Gasteiger partial charge on any atom is 0.472 e. The minimum atomic E-state index is -4.37. The van der Waals surface area contributed by atoms with Crippen LogP contribution in [0.2, 0.25) is 0 Å². The van der Waals surface area contributed by atoms with E-state index in [1.54, 1.807) is 0 Å². The summed E-state index contributed by atoms with van der Waals surface area (Å²) in [5.74, 6) is -0.823. The molecule has 0 amide bonds. The van der Waals surface area contributed by atoms with Gasteiger partial charge in [-0.05, 0) is 51.4 Å². The number of hydrogen-bond acceptors (Lipinski definition) is 8. The Morgan fingerprint density at radius 1 is 0.500 bits per heavy atom. The van der Waals surface area contributed by atoms with Crippen LogP contribution in [-0.2, 0) is 32.7 Å². The molecule has 0 spiro atoms. The topological polar surface area (TPSA) is 134 Å². The Hall–Kier alpha value is -1.77. The smallest absolute Gasteiger partial charge is 0.462 e. The summed E-state index contributed by atoms with van der Waals surface area (Å²) in [4.78, 5) is 34.9. The molecule has 0 heterocycles. The van der Waals surface area contributed by atoms with Crippen molar-refractivity contribution in [2.75, 3.05) is 26.4 Å². The molecule has 0 aliphatic heterocycles. The van der Waals surface area contributed by atoms with Crippen molar-refractivity contribution in [3.63, 3.8) is 0 Å². The zero-order valence-electron chi connectivity index (χ0n) is 38.9. The van der Waals surface area contributed by atoms with E-state index in [0.29, 0.717) is 6.42 Å². The lowest BCUT2D eigenvalue weighted by atomic mass is 10.0. The first-order valence-corrected chi connectivity index (χ1v) is 26.5. The van der Waals surface area contributed by atoms with Crippen LogP contribution in [0.4, 0.5) is 0 Å². The quantitative estimate of drug-likeness (QED) is 0.0265. The van der Waals surface area contributed by atoms with E-state index < -0.39 is 26.5 Å². The number of allylic oxidation sites excluding steroid dienone is 6. The number of esters is 2. The Balaban J connectivity index is 3.91. The first-order chi connectivity index (χ1) is 29.3. The molecule has 9 nitrogen and oxygen atoms in total. The highest BCUT2D eigenvalue weighted by atomic mass is 31.2. The average Bonchev–Trinajstić information content (AvgIpc) is 3.24. The molecule has 0 saturated heterocycles. The van der Waals surface area contributed by atoms with E-state index in [0.717, 1.165) is 51.4 Å². The summed E-state index contributed by atoms with van der Waals surface area (Å²) in [5, 5.41) is 0. The van der Waals surface area contributed by atoms with Crippen molar-refractivity contribution < 1.29 is 37.6 Å². The largest absolute Gasteiger partial charge is 0.472 e. The van der Waals surface area contributed by atoms with E-state index in [4.69, 9.17) is 24.3 Å². The second kappa shape index (κ2) is 46.7. The number of unbranched alkanes of at least 4 members (excludes halogenated alkanes) is 28. The third-order valence-corrected chi connectivity index (χ3v) is 11.8. The summed E-state index contributed by atoms with van der Waals surface area (Å²) in [6.45, 7) is 3.73. The van der Waals surface area contributed by atoms with Gasteiger partial charge in [-0.15, -0.1) is 0 Å². The molecule has 0 aliphatic carbocycles. The van der Waals surface area contributed by atoms with Crippen LogP contribution in [0.25, 0.3) is 0 Å². The first-order valence-electron chi connectivity index (χ1n) is 25.0. The van der Waals surface area contributed by atoms with Crippen molar-refractivity contribution in [2.45, 2.75) is 245 Å². The fraction of sp³-hybridized carbons (Fsp3) is 0.840. The summed E-state index contributed by atoms with van der Waals surface area (Å²) in [6.07, 6.45) is 53.4. The Kier molecular flexibility index (Phi) is 45.3. The van der Waals surface area contributed by atoms with Gasteiger partial charge in [0.25, 0.3) is 0 Å². The van der Waals surface area contributed by atoms with Crippen molar-refractivity contribution in [2.24, 2.45) is 5.73 Å². The summed E-state index contributed by atoms with van der Waals surface area (Å²) in [5.41, 5.74) is 5.35. The lowest BCUT2D eigenvalue weighted by Gasteiger charge is -2.19. The molecule has 352 valence electrons. The Morgan fingerprint density at radius 2 is 0.867 bits per heavy atom. The van der Waals surface area contributed by atoms with E-state index in [-0.39, 0.29) is 38.6 Å². The van der Waals surface area contributed by atoms with Gasteiger partial charge in [-0.1, -0.05) is 211 Å². The van der Waals surface area contributed by atoms with E-state index in [9.17, 15) is 19.0 Å². The van der Waals surface area contributed by atoms with Gasteiger partial charge in [0.1, 0.15) is 6.61 Å². The molecule has 3 N–H and O–H groups in total. The van der Waals surface area contributed by atoms with E-state index in [1.165, 1.54) is 154 Å². The number of ether oxygens (including phenoxy) is 2. The molecule has 0 bridgehead atoms. The van der Waals surface area contributed by atoms with Crippen LogP contribution in [0.3, 0.4) is 0 Å². The lowest BCUT2D eigenvalue weighted by Crippen LogP contribution is -2.29. The van der Waals surface area contributed by atoms with Crippen LogP contribution < -0.4 is 5.73 Å². The maximum atomic E-state index is 12.6. The number of carbonyl (C=O) groups is 2. The van der Waals surface area contributed by atoms with Crippen molar-refractivity contribution in [3.05, 3.63) is 36.5 Å². The molecular weight excluding hydrogens is 774 g/mol. The molecule has 0 radical (unpaired) electrons. The van der Waals surface area contributed by atoms with Crippen molar-refractivity contribution in [1.29, 1.82) is 0 Å². The van der Waals surface area contributed by atoms with Gasteiger partial charge in [0.2, 0.25) is 0 Å². The minimum absolute atomic E-state index is 0.0546. The monoisotopic (exact) mass is 868 g/mol. The zero-order valence-corrected chi connectivity index (χ0v) is 39.8. The predicted octanol–water partition coefficient (Wildman–Crippen LogP) is 14.9. The SMILES string of the molecule is CCCCCCC/C=C\C/C=C\C/C=C\CCCCCCCCCCCCCCCCC(=O)OC(COC(=O)CCCCCCCCCCCC)COP(=O)(O)OCCN. The summed E-state index contributed by atoms with van der Waals surface area (Å²) >= 11 is 0. The van der Waals surface area contributed by atoms with Crippen molar-refractivity contribution in [3.8, 4) is 0 Å². The average molecular weight is 868 g/mol. The van der Waals surface area contributed by atoms with Gasteiger partial charge in [-0.25, -0.2) is 4.57 Å². The van der Waals surface area contributed by atoms with Crippen molar-refractivity contribution in [1.82, 2.24) is 0 Å². The second-order valence-electron chi connectivity index (χ2n) is 16.7. The number of carbonyl (C=O) groups excluding carboxylic acids is 2. The third kappa shape index (κ3) is 45.7. The molecule has 0 saturated carbocycles. The fourth-order valence-electron chi connectivity index (χ4n) is 7.05. The van der Waals surface area contributed by atoms with Gasteiger partial charge in [0, 0.05) is 19.4 Å². The van der Waals surface area contributed by atoms with E-state index in [1.807, 2.05) is 0 Å². The molecule has 0 fully saturated rings. The predicted molar refractivity (Wildman–Crippen MR) is 252 cm³/mol. The minimum Gasteiger partial charge on any atom is -0.462 e. The normalized spacial score (nSPS) is 13.5. The molecule has 10 heteroatoms. The van der Waals surface area contributed by atoms with Gasteiger partial charge in [-0.3, -0.25) is 18.6 Å². The van der Waals surface area contributed by atoms with E-state index >= 15 is 0 Å². The molecule has 2 atom stereocenters. The summed E-state index contributed by atoms with van der Waals surface area (Å²) < 4.78 is 32.8. The standard InChI is InChI=1S/C50H94NO8P/c1-3-5-7-9-11-13-15-16-17-18-19-20-21-22-23-24-25-26-27-28-29-30-31-32-33-35-37-39-41-43-50(53)59-48(47-58-60(54,55)57-45-44-51)46-56-49(52)42-40-38-36-34-14-12-10-8-6-4-2/h15-16,18-19,21-22,48H,3-14,17,20,23-47,51H2,1-2H3,(H,54,55)/b16-15-,19-18-,22-21-. The summed E-state index contributed by atoms with van der Waals surface area (Å²) in [6, 6.07) is 0. The highest BCUT2D eigenvalue weighted by Crippen LogP contribution is 2.43. The highest BCUT2D eigenvalue weighted by molar-refractivity contribution is 7.47. The van der Waals surface area contributed by atoms with Crippen LogP contribution in [-0.4, -0.2) is 49.3 Å². The number of phosphoric acid groups is 1. The Labute approximate surface area is 369 Å². The van der Waals surface area contributed by atoms with Gasteiger partial charge in [0.15, 0.2) is 6.10 Å². The Bertz CT molecular complexity index is 1080. The molecule has 0 aromatic rings. The van der Waals surface area contributed by atoms with E-state index in [2.05, 4.69) is 50.3 Å². The van der Waals surface area contributed by atoms with Crippen LogP contribution in [0.15, 0.2) is 36.5 Å². The first kappa shape index (κ1) is 58.2. The van der Waals surface area contributed by atoms with Crippen molar-refractivity contribution >= 4 is 19.8 Å². The third-order valence-electron chi connectivity index (χ3n) is 10.8. The summed E-state index contributed by atoms with van der Waals surface area (Å²) in [7, 11) is -4.37. The molecule has 0 aromatic carbocycles. The molecule has 60 heavy (non-hydrogen) atoms. The number of hydrogen-bond donors (Lipinski definition) is 2. The highest BCUT2D eigenvalue weighted by Gasteiger charge is 2.26. The molecule has 0 aromatic heterocycles. The van der Waals surface area contributed by atoms with Gasteiger partial charge >= 0.3 is 19.8 Å². The Morgan fingerprint density at radius 3 is 1.28 bits per heavy atom. The number of nitrogens with two attached hydrogens (primary N) is 1. The molecular formula is C50H94NO8P. The molecule has 0 rings (SSSR count). The second-order valence-corrected chi connectivity index (χ2v) is 18.1. The zero-order chi connectivity index (χ0) is 43.9.